The van der Waals surface area contributed by atoms with Gasteiger partial charge in [-0.2, -0.15) is 0 Å². The summed E-state index contributed by atoms with van der Waals surface area (Å²) in [5.41, 5.74) is 0.151. The largest absolute Gasteiger partial charge is 0.496 e. The van der Waals surface area contributed by atoms with E-state index >= 15 is 0 Å². The summed E-state index contributed by atoms with van der Waals surface area (Å²) in [6, 6.07) is 6.67. The third-order valence-electron chi connectivity index (χ3n) is 4.41. The molecule has 0 spiro atoms. The molecule has 0 atom stereocenters. The van der Waals surface area contributed by atoms with Crippen molar-refractivity contribution in [2.75, 3.05) is 33.3 Å². The minimum Gasteiger partial charge on any atom is -0.496 e. The highest BCUT2D eigenvalue weighted by Crippen LogP contribution is 2.22. The first-order chi connectivity index (χ1) is 12.9. The van der Waals surface area contributed by atoms with Crippen LogP contribution in [-0.4, -0.2) is 54.9 Å². The Hall–Kier alpha value is -3.03. The molecule has 2 amide bonds. The molecule has 1 heterocycles. The number of hydrogen-bond donors (Lipinski definition) is 0. The molecule has 0 saturated carbocycles. The van der Waals surface area contributed by atoms with Crippen LogP contribution in [0.4, 0.5) is 13.2 Å². The molecule has 3 rings (SSSR count). The lowest BCUT2D eigenvalue weighted by atomic mass is 10.1. The van der Waals surface area contributed by atoms with Crippen molar-refractivity contribution < 1.29 is 27.5 Å². The molecule has 2 aromatic rings. The predicted octanol–water partition coefficient (Wildman–Crippen LogP) is 2.71. The number of ether oxygens (including phenoxy) is 1. The van der Waals surface area contributed by atoms with E-state index in [1.807, 2.05) is 0 Å². The van der Waals surface area contributed by atoms with E-state index in [1.54, 1.807) is 0 Å². The summed E-state index contributed by atoms with van der Waals surface area (Å²) in [5.74, 6) is -3.23. The molecular formula is C19H17F3N2O3. The maximum Gasteiger partial charge on any atom is 0.257 e. The van der Waals surface area contributed by atoms with Crippen molar-refractivity contribution in [1.29, 1.82) is 0 Å². The smallest absolute Gasteiger partial charge is 0.257 e. The molecule has 8 heteroatoms. The maximum atomic E-state index is 13.5. The number of amides is 2. The first kappa shape index (κ1) is 18.8. The van der Waals surface area contributed by atoms with E-state index in [0.717, 1.165) is 18.2 Å². The van der Waals surface area contributed by atoms with Gasteiger partial charge in [-0.15, -0.1) is 0 Å². The zero-order valence-corrected chi connectivity index (χ0v) is 14.5. The van der Waals surface area contributed by atoms with Crippen LogP contribution >= 0.6 is 0 Å². The molecule has 2 aromatic carbocycles. The van der Waals surface area contributed by atoms with E-state index in [9.17, 15) is 22.8 Å². The fourth-order valence-electron chi connectivity index (χ4n) is 2.94. The summed E-state index contributed by atoms with van der Waals surface area (Å²) in [4.78, 5) is 28.0. The second kappa shape index (κ2) is 7.69. The number of piperazine rings is 1. The summed E-state index contributed by atoms with van der Waals surface area (Å²) in [7, 11) is 1.39. The van der Waals surface area contributed by atoms with E-state index in [4.69, 9.17) is 4.74 Å². The molecular weight excluding hydrogens is 361 g/mol. The molecule has 0 radical (unpaired) electrons. The van der Waals surface area contributed by atoms with Gasteiger partial charge in [-0.3, -0.25) is 9.59 Å². The van der Waals surface area contributed by atoms with Gasteiger partial charge in [-0.05, 0) is 36.4 Å². The second-order valence-electron chi connectivity index (χ2n) is 6.06. The standard InChI is InChI=1S/C19H17F3N2O3/c1-27-17-5-3-13(20)11-14(17)19(26)24-8-6-23(7-9-24)18(25)12-2-4-15(21)16(22)10-12/h2-5,10-11H,6-9H2,1H3. The first-order valence-corrected chi connectivity index (χ1v) is 8.28. The zero-order valence-electron chi connectivity index (χ0n) is 14.5. The molecule has 0 unspecified atom stereocenters. The van der Waals surface area contributed by atoms with Crippen LogP contribution in [0.25, 0.3) is 0 Å². The van der Waals surface area contributed by atoms with E-state index in [0.29, 0.717) is 0 Å². The molecule has 0 aliphatic carbocycles. The highest BCUT2D eigenvalue weighted by Gasteiger charge is 2.27. The normalized spacial score (nSPS) is 14.2. The van der Waals surface area contributed by atoms with Crippen LogP contribution in [0.15, 0.2) is 36.4 Å². The minimum atomic E-state index is -1.09. The van der Waals surface area contributed by atoms with E-state index in [1.165, 1.54) is 35.1 Å². The van der Waals surface area contributed by atoms with Crippen LogP contribution in [0.1, 0.15) is 20.7 Å². The Labute approximate surface area is 153 Å². The highest BCUT2D eigenvalue weighted by atomic mass is 19.2. The number of rotatable bonds is 3. The van der Waals surface area contributed by atoms with Gasteiger partial charge in [-0.1, -0.05) is 0 Å². The number of nitrogens with zero attached hydrogens (tertiary/aromatic N) is 2. The lowest BCUT2D eigenvalue weighted by Crippen LogP contribution is -2.50. The van der Waals surface area contributed by atoms with Gasteiger partial charge < -0.3 is 14.5 Å². The molecule has 27 heavy (non-hydrogen) atoms. The Kier molecular flexibility index (Phi) is 5.34. The van der Waals surface area contributed by atoms with E-state index in [-0.39, 0.29) is 43.1 Å². The molecule has 142 valence electrons. The Morgan fingerprint density at radius 3 is 2.07 bits per heavy atom. The van der Waals surface area contributed by atoms with Crippen molar-refractivity contribution in [3.63, 3.8) is 0 Å². The molecule has 0 bridgehead atoms. The summed E-state index contributed by atoms with van der Waals surface area (Å²) >= 11 is 0. The average Bonchev–Trinajstić information content (AvgIpc) is 2.69. The topological polar surface area (TPSA) is 49.9 Å². The van der Waals surface area contributed by atoms with Crippen molar-refractivity contribution >= 4 is 11.8 Å². The SMILES string of the molecule is COc1ccc(F)cc1C(=O)N1CCN(C(=O)c2ccc(F)c(F)c2)CC1. The fraction of sp³-hybridized carbons (Fsp3) is 0.263. The van der Waals surface area contributed by atoms with Crippen molar-refractivity contribution in [2.24, 2.45) is 0 Å². The Bertz CT molecular complexity index is 880. The summed E-state index contributed by atoms with van der Waals surface area (Å²) in [6.45, 7) is 0.907. The zero-order chi connectivity index (χ0) is 19.6. The Morgan fingerprint density at radius 2 is 1.48 bits per heavy atom. The maximum absolute atomic E-state index is 13.5. The van der Waals surface area contributed by atoms with Crippen LogP contribution in [-0.2, 0) is 0 Å². The fourth-order valence-corrected chi connectivity index (χ4v) is 2.94. The quantitative estimate of drug-likeness (QED) is 0.825. The third-order valence-corrected chi connectivity index (χ3v) is 4.41. The van der Waals surface area contributed by atoms with Crippen LogP contribution in [0.3, 0.4) is 0 Å². The Balaban J connectivity index is 1.68. The van der Waals surface area contributed by atoms with Crippen molar-refractivity contribution in [1.82, 2.24) is 9.80 Å². The van der Waals surface area contributed by atoms with Crippen LogP contribution in [0.5, 0.6) is 5.75 Å². The number of carbonyl (C=O) groups excluding carboxylic acids is 2. The van der Waals surface area contributed by atoms with Gasteiger partial charge in [0.2, 0.25) is 0 Å². The second-order valence-corrected chi connectivity index (χ2v) is 6.06. The Morgan fingerprint density at radius 1 is 0.852 bits per heavy atom. The molecule has 1 fully saturated rings. The van der Waals surface area contributed by atoms with Crippen molar-refractivity contribution in [2.45, 2.75) is 0 Å². The van der Waals surface area contributed by atoms with E-state index < -0.39 is 29.3 Å². The van der Waals surface area contributed by atoms with Gasteiger partial charge in [-0.25, -0.2) is 13.2 Å². The number of methoxy groups -OCH3 is 1. The summed E-state index contributed by atoms with van der Waals surface area (Å²) < 4.78 is 44.9. The molecule has 0 aromatic heterocycles. The van der Waals surface area contributed by atoms with Crippen LogP contribution < -0.4 is 4.74 Å². The van der Waals surface area contributed by atoms with Gasteiger partial charge in [0.15, 0.2) is 11.6 Å². The number of benzene rings is 2. The van der Waals surface area contributed by atoms with Crippen molar-refractivity contribution in [3.05, 3.63) is 65.0 Å². The van der Waals surface area contributed by atoms with Gasteiger partial charge >= 0.3 is 0 Å². The number of hydrogen-bond acceptors (Lipinski definition) is 3. The summed E-state index contributed by atoms with van der Waals surface area (Å²) in [5, 5.41) is 0. The van der Waals surface area contributed by atoms with Gasteiger partial charge in [0, 0.05) is 31.7 Å². The van der Waals surface area contributed by atoms with E-state index in [2.05, 4.69) is 0 Å². The third kappa shape index (κ3) is 3.89. The molecule has 1 saturated heterocycles. The molecule has 0 N–H and O–H groups in total. The molecule has 1 aliphatic rings. The lowest BCUT2D eigenvalue weighted by Gasteiger charge is -2.35. The molecule has 1 aliphatic heterocycles. The van der Waals surface area contributed by atoms with Gasteiger partial charge in [0.25, 0.3) is 11.8 Å². The molecule has 5 nitrogen and oxygen atoms in total. The monoisotopic (exact) mass is 378 g/mol. The van der Waals surface area contributed by atoms with Gasteiger partial charge in [0.1, 0.15) is 11.6 Å². The summed E-state index contributed by atoms with van der Waals surface area (Å²) in [6.07, 6.45) is 0. The highest BCUT2D eigenvalue weighted by molar-refractivity contribution is 5.97. The van der Waals surface area contributed by atoms with Gasteiger partial charge in [0.05, 0.1) is 12.7 Å². The lowest BCUT2D eigenvalue weighted by molar-refractivity contribution is 0.0533. The average molecular weight is 378 g/mol. The van der Waals surface area contributed by atoms with Crippen molar-refractivity contribution in [3.8, 4) is 5.75 Å². The number of carbonyl (C=O) groups is 2. The number of halogens is 3. The van der Waals surface area contributed by atoms with Crippen LogP contribution in [0.2, 0.25) is 0 Å². The first-order valence-electron chi connectivity index (χ1n) is 8.28. The predicted molar refractivity (Wildman–Crippen MR) is 91.1 cm³/mol. The van der Waals surface area contributed by atoms with Crippen LogP contribution in [0, 0.1) is 17.5 Å². The minimum absolute atomic E-state index is 0.0421.